The number of allylic oxidation sites excluding steroid dienone is 1. The molecule has 6 heteroatoms. The predicted octanol–water partition coefficient (Wildman–Crippen LogP) is 2.82. The van der Waals surface area contributed by atoms with E-state index in [0.717, 1.165) is 5.56 Å². The van der Waals surface area contributed by atoms with Crippen LogP contribution in [0.1, 0.15) is 15.9 Å². The summed E-state index contributed by atoms with van der Waals surface area (Å²) in [5.74, 6) is 0.490. The fourth-order valence-corrected chi connectivity index (χ4v) is 2.28. The van der Waals surface area contributed by atoms with Gasteiger partial charge >= 0.3 is 5.97 Å². The van der Waals surface area contributed by atoms with E-state index in [4.69, 9.17) is 19.3 Å². The number of hydrogen-bond donors (Lipinski definition) is 1. The third-order valence-corrected chi connectivity index (χ3v) is 3.50. The number of ketones is 1. The molecule has 0 saturated carbocycles. The lowest BCUT2D eigenvalue weighted by atomic mass is 10.1. The van der Waals surface area contributed by atoms with Crippen molar-refractivity contribution in [2.24, 2.45) is 0 Å². The molecule has 0 bridgehead atoms. The van der Waals surface area contributed by atoms with E-state index in [2.05, 4.69) is 0 Å². The summed E-state index contributed by atoms with van der Waals surface area (Å²) in [6, 6.07) is 11.9. The lowest BCUT2D eigenvalue weighted by molar-refractivity contribution is -0.139. The molecule has 0 aliphatic carbocycles. The van der Waals surface area contributed by atoms with E-state index in [1.165, 1.54) is 6.08 Å². The molecule has 0 unspecified atom stereocenters. The van der Waals surface area contributed by atoms with E-state index in [1.54, 1.807) is 48.5 Å². The van der Waals surface area contributed by atoms with Gasteiger partial charge in [-0.25, -0.2) is 4.79 Å². The number of carbonyl (C=O) groups is 2. The summed E-state index contributed by atoms with van der Waals surface area (Å²) in [5, 5.41) is 8.57. The van der Waals surface area contributed by atoms with Crippen molar-refractivity contribution >= 4 is 17.8 Å². The second-order valence-corrected chi connectivity index (χ2v) is 5.31. The first-order valence-corrected chi connectivity index (χ1v) is 7.68. The normalized spacial score (nSPS) is 12.8. The predicted molar refractivity (Wildman–Crippen MR) is 90.4 cm³/mol. The van der Waals surface area contributed by atoms with Gasteiger partial charge in [0.2, 0.25) is 0 Å². The average Bonchev–Trinajstić information content (AvgIpc) is 2.64. The Labute approximate surface area is 144 Å². The van der Waals surface area contributed by atoms with Crippen molar-refractivity contribution in [2.75, 3.05) is 19.8 Å². The molecule has 3 rings (SSSR count). The second kappa shape index (κ2) is 7.53. The molecule has 0 atom stereocenters. The Morgan fingerprint density at radius 1 is 1.04 bits per heavy atom. The van der Waals surface area contributed by atoms with Crippen molar-refractivity contribution in [3.05, 3.63) is 59.7 Å². The molecule has 0 spiro atoms. The zero-order valence-corrected chi connectivity index (χ0v) is 13.3. The van der Waals surface area contributed by atoms with Crippen molar-refractivity contribution in [2.45, 2.75) is 0 Å². The van der Waals surface area contributed by atoms with Gasteiger partial charge in [-0.1, -0.05) is 18.2 Å². The van der Waals surface area contributed by atoms with Gasteiger partial charge < -0.3 is 19.3 Å². The highest BCUT2D eigenvalue weighted by atomic mass is 16.6. The van der Waals surface area contributed by atoms with Crippen LogP contribution in [0.2, 0.25) is 0 Å². The van der Waals surface area contributed by atoms with Crippen LogP contribution in [0, 0.1) is 0 Å². The smallest absolute Gasteiger partial charge is 0.341 e. The molecule has 1 N–H and O–H groups in total. The van der Waals surface area contributed by atoms with Crippen molar-refractivity contribution in [1.82, 2.24) is 0 Å². The van der Waals surface area contributed by atoms with E-state index in [9.17, 15) is 9.59 Å². The van der Waals surface area contributed by atoms with Crippen LogP contribution in [-0.4, -0.2) is 36.7 Å². The van der Waals surface area contributed by atoms with Crippen LogP contribution in [-0.2, 0) is 4.79 Å². The van der Waals surface area contributed by atoms with Gasteiger partial charge in [0.25, 0.3) is 0 Å². The standard InChI is InChI=1S/C19H16O6/c20-16(14-4-8-17-18(11-14)24-10-9-23-17)7-3-13-1-5-15(6-2-13)25-12-19(21)22/h1-8,11H,9-10,12H2,(H,21,22). The van der Waals surface area contributed by atoms with Gasteiger partial charge in [-0.05, 0) is 42.0 Å². The molecule has 2 aromatic carbocycles. The molecule has 0 radical (unpaired) electrons. The number of carboxylic acid groups (broad SMARTS) is 1. The summed E-state index contributed by atoms with van der Waals surface area (Å²) in [6.07, 6.45) is 3.15. The number of benzene rings is 2. The van der Waals surface area contributed by atoms with Crippen LogP contribution in [0.3, 0.4) is 0 Å². The van der Waals surface area contributed by atoms with Gasteiger partial charge in [-0.3, -0.25) is 4.79 Å². The van der Waals surface area contributed by atoms with Crippen molar-refractivity contribution in [3.63, 3.8) is 0 Å². The molecule has 6 nitrogen and oxygen atoms in total. The van der Waals surface area contributed by atoms with E-state index in [0.29, 0.717) is 36.0 Å². The van der Waals surface area contributed by atoms with Crippen LogP contribution in [0.4, 0.5) is 0 Å². The zero-order chi connectivity index (χ0) is 17.6. The van der Waals surface area contributed by atoms with Crippen LogP contribution in [0.15, 0.2) is 48.5 Å². The summed E-state index contributed by atoms with van der Waals surface area (Å²) in [5.41, 5.74) is 1.32. The third-order valence-electron chi connectivity index (χ3n) is 3.50. The van der Waals surface area contributed by atoms with Crippen LogP contribution < -0.4 is 14.2 Å². The van der Waals surface area contributed by atoms with Crippen molar-refractivity contribution < 1.29 is 28.9 Å². The Morgan fingerprint density at radius 2 is 1.76 bits per heavy atom. The number of carbonyl (C=O) groups excluding carboxylic acids is 1. The van der Waals surface area contributed by atoms with Crippen molar-refractivity contribution in [3.8, 4) is 17.2 Å². The summed E-state index contributed by atoms with van der Waals surface area (Å²) < 4.78 is 16.0. The third kappa shape index (κ3) is 4.38. The summed E-state index contributed by atoms with van der Waals surface area (Å²) >= 11 is 0. The molecular formula is C19H16O6. The number of hydrogen-bond acceptors (Lipinski definition) is 5. The van der Waals surface area contributed by atoms with Gasteiger partial charge in [0.15, 0.2) is 23.9 Å². The molecule has 0 fully saturated rings. The summed E-state index contributed by atoms with van der Waals surface area (Å²) in [4.78, 5) is 22.7. The molecule has 1 aliphatic rings. The zero-order valence-electron chi connectivity index (χ0n) is 13.3. The number of ether oxygens (including phenoxy) is 3. The molecule has 0 saturated heterocycles. The van der Waals surface area contributed by atoms with Gasteiger partial charge in [-0.2, -0.15) is 0 Å². The fraction of sp³-hybridized carbons (Fsp3) is 0.158. The second-order valence-electron chi connectivity index (χ2n) is 5.31. The summed E-state index contributed by atoms with van der Waals surface area (Å²) in [7, 11) is 0. The highest BCUT2D eigenvalue weighted by Crippen LogP contribution is 2.31. The van der Waals surface area contributed by atoms with E-state index < -0.39 is 12.6 Å². The monoisotopic (exact) mass is 340 g/mol. The van der Waals surface area contributed by atoms with Gasteiger partial charge in [0.05, 0.1) is 0 Å². The molecule has 1 aliphatic heterocycles. The fourth-order valence-electron chi connectivity index (χ4n) is 2.28. The quantitative estimate of drug-likeness (QED) is 0.643. The molecule has 128 valence electrons. The first-order valence-electron chi connectivity index (χ1n) is 7.68. The van der Waals surface area contributed by atoms with Gasteiger partial charge in [-0.15, -0.1) is 0 Å². The molecular weight excluding hydrogens is 324 g/mol. The molecule has 0 amide bonds. The molecule has 2 aromatic rings. The molecule has 0 aromatic heterocycles. The lowest BCUT2D eigenvalue weighted by Gasteiger charge is -2.18. The topological polar surface area (TPSA) is 82.1 Å². The number of aliphatic carboxylic acids is 1. The molecule has 25 heavy (non-hydrogen) atoms. The Kier molecular flexibility index (Phi) is 4.99. The molecule has 1 heterocycles. The Morgan fingerprint density at radius 3 is 2.48 bits per heavy atom. The minimum Gasteiger partial charge on any atom is -0.486 e. The largest absolute Gasteiger partial charge is 0.486 e. The minimum absolute atomic E-state index is 0.150. The number of rotatable bonds is 6. The van der Waals surface area contributed by atoms with Crippen LogP contribution in [0.5, 0.6) is 17.2 Å². The van der Waals surface area contributed by atoms with E-state index >= 15 is 0 Å². The number of carboxylic acids is 1. The van der Waals surface area contributed by atoms with E-state index in [1.807, 2.05) is 0 Å². The first-order chi connectivity index (χ1) is 12.1. The lowest BCUT2D eigenvalue weighted by Crippen LogP contribution is -2.15. The van der Waals surface area contributed by atoms with Gasteiger partial charge in [0, 0.05) is 5.56 Å². The first kappa shape index (κ1) is 16.6. The maximum atomic E-state index is 12.3. The average molecular weight is 340 g/mol. The number of fused-ring (bicyclic) bond motifs is 1. The Bertz CT molecular complexity index is 807. The van der Waals surface area contributed by atoms with Crippen LogP contribution in [0.25, 0.3) is 6.08 Å². The maximum absolute atomic E-state index is 12.3. The van der Waals surface area contributed by atoms with Crippen molar-refractivity contribution in [1.29, 1.82) is 0 Å². The highest BCUT2D eigenvalue weighted by molar-refractivity contribution is 6.07. The SMILES string of the molecule is O=C(O)COc1ccc(C=CC(=O)c2ccc3c(c2)OCCO3)cc1. The van der Waals surface area contributed by atoms with Crippen LogP contribution >= 0.6 is 0 Å². The minimum atomic E-state index is -1.03. The Balaban J connectivity index is 1.65. The summed E-state index contributed by atoms with van der Waals surface area (Å²) in [6.45, 7) is 0.584. The maximum Gasteiger partial charge on any atom is 0.341 e. The Hall–Kier alpha value is -3.28. The van der Waals surface area contributed by atoms with E-state index in [-0.39, 0.29) is 5.78 Å². The van der Waals surface area contributed by atoms with Gasteiger partial charge in [0.1, 0.15) is 19.0 Å². The highest BCUT2D eigenvalue weighted by Gasteiger charge is 2.13.